The van der Waals surface area contributed by atoms with Gasteiger partial charge in [0.05, 0.1) is 6.33 Å². The lowest BCUT2D eigenvalue weighted by atomic mass is 10.2. The fourth-order valence-electron chi connectivity index (χ4n) is 1.25. The van der Waals surface area contributed by atoms with Gasteiger partial charge < -0.3 is 14.8 Å². The summed E-state index contributed by atoms with van der Waals surface area (Å²) >= 11 is 0. The minimum atomic E-state index is -1.35. The predicted octanol–water partition coefficient (Wildman–Crippen LogP) is 0.281. The fraction of sp³-hybridized carbons (Fsp3) is 0.556. The maximum Gasteiger partial charge on any atom is 0.332 e. The molecule has 1 aromatic rings. The van der Waals surface area contributed by atoms with Gasteiger partial charge >= 0.3 is 5.97 Å². The van der Waals surface area contributed by atoms with Crippen molar-refractivity contribution in [1.82, 2.24) is 9.55 Å². The van der Waals surface area contributed by atoms with E-state index < -0.39 is 12.1 Å². The number of carboxylic acid groups (broad SMARTS) is 1. The zero-order chi connectivity index (χ0) is 10.6. The summed E-state index contributed by atoms with van der Waals surface area (Å²) in [5.74, 6) is -1.20. The van der Waals surface area contributed by atoms with Gasteiger partial charge in [-0.25, -0.2) is 9.78 Å². The quantitative estimate of drug-likeness (QED) is 0.712. The molecule has 1 aromatic heterocycles. The highest BCUT2D eigenvalue weighted by atomic mass is 16.4. The van der Waals surface area contributed by atoms with Crippen LogP contribution in [-0.4, -0.2) is 31.8 Å². The van der Waals surface area contributed by atoms with Gasteiger partial charge in [0.15, 0.2) is 6.10 Å². The van der Waals surface area contributed by atoms with Crippen LogP contribution in [0.5, 0.6) is 0 Å². The Kier molecular flexibility index (Phi) is 3.64. The number of aryl methyl sites for hydroxylation is 1. The number of aromatic nitrogens is 2. The summed E-state index contributed by atoms with van der Waals surface area (Å²) in [6.07, 6.45) is 2.94. The first-order valence-electron chi connectivity index (χ1n) is 4.55. The maximum absolute atomic E-state index is 10.4. The molecule has 0 aromatic carbocycles. The molecule has 0 spiro atoms. The van der Waals surface area contributed by atoms with Crippen LogP contribution < -0.4 is 0 Å². The summed E-state index contributed by atoms with van der Waals surface area (Å²) in [7, 11) is 0. The average molecular weight is 198 g/mol. The third-order valence-corrected chi connectivity index (χ3v) is 1.95. The van der Waals surface area contributed by atoms with E-state index in [0.717, 1.165) is 18.7 Å². The van der Waals surface area contributed by atoms with E-state index in [4.69, 9.17) is 10.2 Å². The molecule has 0 radical (unpaired) electrons. The number of aliphatic hydroxyl groups excluding tert-OH is 1. The summed E-state index contributed by atoms with van der Waals surface area (Å²) in [6, 6.07) is 0. The molecule has 0 aliphatic rings. The molecule has 2 N–H and O–H groups in total. The van der Waals surface area contributed by atoms with Gasteiger partial charge in [0.1, 0.15) is 0 Å². The van der Waals surface area contributed by atoms with Crippen LogP contribution in [0.2, 0.25) is 0 Å². The van der Waals surface area contributed by atoms with Crippen molar-refractivity contribution in [3.63, 3.8) is 0 Å². The van der Waals surface area contributed by atoms with Crippen LogP contribution in [0, 0.1) is 0 Å². The molecule has 1 unspecified atom stereocenters. The van der Waals surface area contributed by atoms with Crippen LogP contribution in [0.1, 0.15) is 19.0 Å². The number of hydrogen-bond acceptors (Lipinski definition) is 3. The molecule has 78 valence electrons. The Morgan fingerprint density at radius 3 is 3.00 bits per heavy atom. The molecule has 0 aliphatic carbocycles. The van der Waals surface area contributed by atoms with Crippen LogP contribution in [0.3, 0.4) is 0 Å². The highest BCUT2D eigenvalue weighted by Crippen LogP contribution is 2.04. The summed E-state index contributed by atoms with van der Waals surface area (Å²) in [5, 5.41) is 17.7. The minimum absolute atomic E-state index is 0.106. The molecule has 0 amide bonds. The second-order valence-corrected chi connectivity index (χ2v) is 3.14. The van der Waals surface area contributed by atoms with E-state index >= 15 is 0 Å². The van der Waals surface area contributed by atoms with Gasteiger partial charge in [-0.15, -0.1) is 0 Å². The summed E-state index contributed by atoms with van der Waals surface area (Å²) in [6.45, 7) is 2.82. The van der Waals surface area contributed by atoms with Gasteiger partial charge in [-0.3, -0.25) is 0 Å². The highest BCUT2D eigenvalue weighted by Gasteiger charge is 2.15. The molecule has 5 nitrogen and oxygen atoms in total. The lowest BCUT2D eigenvalue weighted by Gasteiger charge is -2.08. The number of carbonyl (C=O) groups is 1. The van der Waals surface area contributed by atoms with Crippen molar-refractivity contribution in [3.8, 4) is 0 Å². The average Bonchev–Trinajstić information content (AvgIpc) is 2.53. The van der Waals surface area contributed by atoms with E-state index in [-0.39, 0.29) is 6.42 Å². The van der Waals surface area contributed by atoms with E-state index in [1.54, 1.807) is 12.5 Å². The number of imidazole rings is 1. The second kappa shape index (κ2) is 4.76. The molecule has 0 saturated carbocycles. The second-order valence-electron chi connectivity index (χ2n) is 3.14. The van der Waals surface area contributed by atoms with Crippen molar-refractivity contribution in [2.45, 2.75) is 32.4 Å². The Bertz CT molecular complexity index is 309. The Hall–Kier alpha value is -1.36. The predicted molar refractivity (Wildman–Crippen MR) is 49.9 cm³/mol. The van der Waals surface area contributed by atoms with Crippen LogP contribution in [0.25, 0.3) is 0 Å². The molecule has 0 bridgehead atoms. The lowest BCUT2D eigenvalue weighted by Crippen LogP contribution is -2.23. The number of aliphatic hydroxyl groups is 1. The largest absolute Gasteiger partial charge is 0.479 e. The van der Waals surface area contributed by atoms with Crippen molar-refractivity contribution in [2.75, 3.05) is 0 Å². The van der Waals surface area contributed by atoms with Gasteiger partial charge in [0, 0.05) is 24.9 Å². The topological polar surface area (TPSA) is 75.3 Å². The first-order chi connectivity index (χ1) is 6.65. The molecule has 1 heterocycles. The van der Waals surface area contributed by atoms with Gasteiger partial charge in [-0.1, -0.05) is 6.92 Å². The van der Waals surface area contributed by atoms with Crippen LogP contribution in [-0.2, 0) is 17.8 Å². The summed E-state index contributed by atoms with van der Waals surface area (Å²) in [4.78, 5) is 14.3. The van der Waals surface area contributed by atoms with Gasteiger partial charge in [0.2, 0.25) is 0 Å². The third-order valence-electron chi connectivity index (χ3n) is 1.95. The van der Waals surface area contributed by atoms with E-state index in [1.165, 1.54) is 0 Å². The smallest absolute Gasteiger partial charge is 0.332 e. The third kappa shape index (κ3) is 2.56. The van der Waals surface area contributed by atoms with Gasteiger partial charge in [0.25, 0.3) is 0 Å². The number of rotatable bonds is 5. The Morgan fingerprint density at radius 1 is 1.71 bits per heavy atom. The molecule has 0 aliphatic heterocycles. The van der Waals surface area contributed by atoms with E-state index in [1.807, 2.05) is 11.5 Å². The Balaban J connectivity index is 2.66. The van der Waals surface area contributed by atoms with Crippen LogP contribution in [0.15, 0.2) is 12.5 Å². The maximum atomic E-state index is 10.4. The zero-order valence-corrected chi connectivity index (χ0v) is 8.05. The standard InChI is InChI=1S/C9H14N2O3/c1-2-3-11-6-10-5-7(11)4-8(12)9(13)14/h5-6,8,12H,2-4H2,1H3,(H,13,14). The summed E-state index contributed by atoms with van der Waals surface area (Å²) < 4.78 is 1.85. The zero-order valence-electron chi connectivity index (χ0n) is 8.05. The van der Waals surface area contributed by atoms with Crippen LogP contribution >= 0.6 is 0 Å². The Morgan fingerprint density at radius 2 is 2.43 bits per heavy atom. The van der Waals surface area contributed by atoms with E-state index in [2.05, 4.69) is 4.98 Å². The number of nitrogens with zero attached hydrogens (tertiary/aromatic N) is 2. The monoisotopic (exact) mass is 198 g/mol. The molecule has 1 rings (SSSR count). The SMILES string of the molecule is CCCn1cncc1CC(O)C(=O)O. The molecular weight excluding hydrogens is 184 g/mol. The van der Waals surface area contributed by atoms with E-state index in [0.29, 0.717) is 0 Å². The Labute approximate surface area is 82.0 Å². The van der Waals surface area contributed by atoms with Gasteiger partial charge in [-0.2, -0.15) is 0 Å². The summed E-state index contributed by atoms with van der Waals surface area (Å²) in [5.41, 5.74) is 0.752. The number of hydrogen-bond donors (Lipinski definition) is 2. The number of carboxylic acids is 1. The van der Waals surface area contributed by atoms with Crippen molar-refractivity contribution in [2.24, 2.45) is 0 Å². The van der Waals surface area contributed by atoms with Crippen molar-refractivity contribution in [3.05, 3.63) is 18.2 Å². The first kappa shape index (κ1) is 10.7. The fourth-order valence-corrected chi connectivity index (χ4v) is 1.25. The van der Waals surface area contributed by atoms with Gasteiger partial charge in [-0.05, 0) is 6.42 Å². The molecule has 1 atom stereocenters. The van der Waals surface area contributed by atoms with Crippen molar-refractivity contribution < 1.29 is 15.0 Å². The normalized spacial score (nSPS) is 12.7. The molecule has 5 heteroatoms. The van der Waals surface area contributed by atoms with Crippen molar-refractivity contribution in [1.29, 1.82) is 0 Å². The van der Waals surface area contributed by atoms with E-state index in [9.17, 15) is 4.79 Å². The highest BCUT2D eigenvalue weighted by molar-refractivity contribution is 5.72. The molecule has 0 saturated heterocycles. The first-order valence-corrected chi connectivity index (χ1v) is 4.55. The lowest BCUT2D eigenvalue weighted by molar-refractivity contribution is -0.146. The van der Waals surface area contributed by atoms with Crippen molar-refractivity contribution >= 4 is 5.97 Å². The molecule has 14 heavy (non-hydrogen) atoms. The van der Waals surface area contributed by atoms with Crippen LogP contribution in [0.4, 0.5) is 0 Å². The number of aliphatic carboxylic acids is 1. The molecular formula is C9H14N2O3. The molecule has 0 fully saturated rings. The minimum Gasteiger partial charge on any atom is -0.479 e.